The molecular weight excluding hydrogens is 191 g/mol. The lowest BCUT2D eigenvalue weighted by Gasteiger charge is -2.00. The Morgan fingerprint density at radius 1 is 1.33 bits per heavy atom. The molecule has 0 amide bonds. The van der Waals surface area contributed by atoms with Gasteiger partial charge in [-0.1, -0.05) is 31.6 Å². The highest BCUT2D eigenvalue weighted by Gasteiger charge is 2.04. The van der Waals surface area contributed by atoms with E-state index >= 15 is 0 Å². The fraction of sp³-hybridized carbons (Fsp3) is 0.308. The number of hydrogen-bond donors (Lipinski definition) is 0. The van der Waals surface area contributed by atoms with Crippen molar-refractivity contribution in [3.8, 4) is 0 Å². The fourth-order valence-corrected chi connectivity index (χ4v) is 1.36. The van der Waals surface area contributed by atoms with Crippen molar-refractivity contribution < 1.29 is 9.18 Å². The maximum absolute atomic E-state index is 12.9. The van der Waals surface area contributed by atoms with Crippen LogP contribution in [-0.4, -0.2) is 5.78 Å². The highest BCUT2D eigenvalue weighted by molar-refractivity contribution is 6.04. The molecule has 1 rings (SSSR count). The molecule has 0 aliphatic rings. The Morgan fingerprint density at radius 2 is 2.00 bits per heavy atom. The van der Waals surface area contributed by atoms with Crippen LogP contribution in [0.25, 0.3) is 0 Å². The van der Waals surface area contributed by atoms with E-state index in [1.165, 1.54) is 12.1 Å². The van der Waals surface area contributed by atoms with Crippen LogP contribution >= 0.6 is 0 Å². The first-order valence-electron chi connectivity index (χ1n) is 5.16. The monoisotopic (exact) mass is 206 g/mol. The normalized spacial score (nSPS) is 9.80. The van der Waals surface area contributed by atoms with Gasteiger partial charge in [0.1, 0.15) is 5.82 Å². The van der Waals surface area contributed by atoms with Crippen LogP contribution in [0.5, 0.6) is 0 Å². The molecule has 1 nitrogen and oxygen atoms in total. The minimum Gasteiger partial charge on any atom is -0.289 e. The van der Waals surface area contributed by atoms with Crippen LogP contribution in [-0.2, 0) is 0 Å². The van der Waals surface area contributed by atoms with Crippen molar-refractivity contribution in [2.45, 2.75) is 26.7 Å². The second kappa shape index (κ2) is 5.44. The summed E-state index contributed by atoms with van der Waals surface area (Å²) in [7, 11) is 0. The van der Waals surface area contributed by atoms with Crippen LogP contribution in [0.3, 0.4) is 0 Å². The number of hydrogen-bond acceptors (Lipinski definition) is 1. The van der Waals surface area contributed by atoms with E-state index in [1.807, 2.05) is 13.8 Å². The van der Waals surface area contributed by atoms with Gasteiger partial charge < -0.3 is 0 Å². The van der Waals surface area contributed by atoms with E-state index < -0.39 is 0 Å². The van der Waals surface area contributed by atoms with Gasteiger partial charge in [0, 0.05) is 5.56 Å². The molecule has 0 saturated carbocycles. The van der Waals surface area contributed by atoms with Crippen molar-refractivity contribution in [1.29, 1.82) is 0 Å². The smallest absolute Gasteiger partial charge is 0.185 e. The topological polar surface area (TPSA) is 17.1 Å². The number of allylic oxidation sites excluding steroid dienone is 2. The van der Waals surface area contributed by atoms with E-state index in [0.29, 0.717) is 5.56 Å². The van der Waals surface area contributed by atoms with Gasteiger partial charge in [0.25, 0.3) is 0 Å². The van der Waals surface area contributed by atoms with Gasteiger partial charge in [-0.3, -0.25) is 4.79 Å². The molecule has 15 heavy (non-hydrogen) atoms. The van der Waals surface area contributed by atoms with Crippen molar-refractivity contribution in [3.05, 3.63) is 47.3 Å². The summed E-state index contributed by atoms with van der Waals surface area (Å²) in [6.45, 7) is 4.02. The summed E-state index contributed by atoms with van der Waals surface area (Å²) in [5, 5.41) is 0. The third-order valence-corrected chi connectivity index (χ3v) is 2.35. The van der Waals surface area contributed by atoms with Crippen molar-refractivity contribution in [3.63, 3.8) is 0 Å². The molecule has 0 unspecified atom stereocenters. The number of rotatable bonds is 4. The molecule has 0 aromatic heterocycles. The van der Waals surface area contributed by atoms with Gasteiger partial charge in [0.2, 0.25) is 0 Å². The van der Waals surface area contributed by atoms with Gasteiger partial charge in [0.05, 0.1) is 0 Å². The minimum absolute atomic E-state index is 0.117. The molecule has 0 fully saturated rings. The Hall–Kier alpha value is -1.44. The Bertz CT molecular complexity index is 374. The molecule has 1 aromatic carbocycles. The number of halogens is 1. The summed E-state index contributed by atoms with van der Waals surface area (Å²) in [5.41, 5.74) is 1.50. The van der Waals surface area contributed by atoms with Gasteiger partial charge >= 0.3 is 0 Å². The molecule has 0 saturated heterocycles. The number of benzene rings is 1. The molecule has 0 N–H and O–H groups in total. The van der Waals surface area contributed by atoms with E-state index in [-0.39, 0.29) is 11.6 Å². The third-order valence-electron chi connectivity index (χ3n) is 2.35. The van der Waals surface area contributed by atoms with Crippen LogP contribution in [0.1, 0.15) is 37.0 Å². The van der Waals surface area contributed by atoms with Crippen LogP contribution in [0, 0.1) is 5.82 Å². The van der Waals surface area contributed by atoms with E-state index in [4.69, 9.17) is 0 Å². The lowest BCUT2D eigenvalue weighted by atomic mass is 10.0. The summed E-state index contributed by atoms with van der Waals surface area (Å²) in [4.78, 5) is 11.7. The number of carbonyl (C=O) groups is 1. The molecule has 2 heteroatoms. The SMILES string of the molecule is CCC(=CC(=O)c1cccc(F)c1)CC. The summed E-state index contributed by atoms with van der Waals surface area (Å²) in [5.74, 6) is -0.489. The Balaban J connectivity index is 2.90. The maximum atomic E-state index is 12.9. The molecule has 80 valence electrons. The molecule has 1 aromatic rings. The highest BCUT2D eigenvalue weighted by atomic mass is 19.1. The average Bonchev–Trinajstić information content (AvgIpc) is 2.25. The van der Waals surface area contributed by atoms with E-state index in [9.17, 15) is 9.18 Å². The zero-order chi connectivity index (χ0) is 11.3. The van der Waals surface area contributed by atoms with Crippen molar-refractivity contribution >= 4 is 5.78 Å². The quantitative estimate of drug-likeness (QED) is 0.541. The minimum atomic E-state index is -0.371. The fourth-order valence-electron chi connectivity index (χ4n) is 1.36. The zero-order valence-corrected chi connectivity index (χ0v) is 9.09. The zero-order valence-electron chi connectivity index (χ0n) is 9.09. The first-order valence-corrected chi connectivity index (χ1v) is 5.16. The molecule has 0 spiro atoms. The predicted molar refractivity (Wildman–Crippen MR) is 59.4 cm³/mol. The highest BCUT2D eigenvalue weighted by Crippen LogP contribution is 2.10. The molecule has 0 radical (unpaired) electrons. The van der Waals surface area contributed by atoms with Crippen LogP contribution in [0.4, 0.5) is 4.39 Å². The van der Waals surface area contributed by atoms with Crippen molar-refractivity contribution in [2.75, 3.05) is 0 Å². The Labute approximate surface area is 89.6 Å². The maximum Gasteiger partial charge on any atom is 0.185 e. The average molecular weight is 206 g/mol. The first-order chi connectivity index (χ1) is 7.17. The second-order valence-corrected chi connectivity index (χ2v) is 3.38. The van der Waals surface area contributed by atoms with Gasteiger partial charge in [-0.05, 0) is 31.1 Å². The molecule has 0 aliphatic carbocycles. The predicted octanol–water partition coefficient (Wildman–Crippen LogP) is 3.75. The standard InChI is InChI=1S/C13H15FO/c1-3-10(4-2)8-13(15)11-6-5-7-12(14)9-11/h5-9H,3-4H2,1-2H3. The summed E-state index contributed by atoms with van der Waals surface area (Å²) in [6.07, 6.45) is 3.32. The van der Waals surface area contributed by atoms with Crippen LogP contribution in [0.2, 0.25) is 0 Å². The molecule has 0 aliphatic heterocycles. The first kappa shape index (κ1) is 11.6. The Morgan fingerprint density at radius 3 is 2.53 bits per heavy atom. The molecule has 0 bridgehead atoms. The summed E-state index contributed by atoms with van der Waals surface area (Å²) >= 11 is 0. The third kappa shape index (κ3) is 3.31. The van der Waals surface area contributed by atoms with Gasteiger partial charge in [-0.2, -0.15) is 0 Å². The van der Waals surface area contributed by atoms with Crippen molar-refractivity contribution in [2.24, 2.45) is 0 Å². The Kier molecular flexibility index (Phi) is 4.22. The van der Waals surface area contributed by atoms with Crippen molar-refractivity contribution in [1.82, 2.24) is 0 Å². The molecular formula is C13H15FO. The van der Waals surface area contributed by atoms with Crippen LogP contribution in [0.15, 0.2) is 35.9 Å². The largest absolute Gasteiger partial charge is 0.289 e. The lowest BCUT2D eigenvalue weighted by Crippen LogP contribution is -1.96. The molecule has 0 atom stereocenters. The van der Waals surface area contributed by atoms with Gasteiger partial charge in [-0.15, -0.1) is 0 Å². The van der Waals surface area contributed by atoms with Crippen LogP contribution < -0.4 is 0 Å². The summed E-state index contributed by atoms with van der Waals surface area (Å²) < 4.78 is 12.9. The number of ketones is 1. The van der Waals surface area contributed by atoms with Gasteiger partial charge in [0.15, 0.2) is 5.78 Å². The lowest BCUT2D eigenvalue weighted by molar-refractivity contribution is 0.104. The summed E-state index contributed by atoms with van der Waals surface area (Å²) in [6, 6.07) is 5.78. The van der Waals surface area contributed by atoms with E-state index in [2.05, 4.69) is 0 Å². The molecule has 0 heterocycles. The van der Waals surface area contributed by atoms with Gasteiger partial charge in [-0.25, -0.2) is 4.39 Å². The van der Waals surface area contributed by atoms with E-state index in [0.717, 1.165) is 18.4 Å². The number of carbonyl (C=O) groups excluding carboxylic acids is 1. The van der Waals surface area contributed by atoms with E-state index in [1.54, 1.807) is 18.2 Å². The second-order valence-electron chi connectivity index (χ2n) is 3.38.